The predicted molar refractivity (Wildman–Crippen MR) is 65.2 cm³/mol. The molecular weight excluding hydrogens is 222 g/mol. The van der Waals surface area contributed by atoms with E-state index in [1.54, 1.807) is 18.4 Å². The number of hydrogen-bond acceptors (Lipinski definition) is 3. The molecule has 0 unspecified atom stereocenters. The number of amides is 1. The predicted octanol–water partition coefficient (Wildman–Crippen LogP) is 2.00. The summed E-state index contributed by atoms with van der Waals surface area (Å²) in [7, 11) is 1.63. The smallest absolute Gasteiger partial charge is 0.261 e. The van der Waals surface area contributed by atoms with Crippen LogP contribution in [0.2, 0.25) is 0 Å². The van der Waals surface area contributed by atoms with Crippen LogP contribution in [0.5, 0.6) is 0 Å². The molecule has 1 heterocycles. The fourth-order valence-corrected chi connectivity index (χ4v) is 3.13. The van der Waals surface area contributed by atoms with Gasteiger partial charge in [0.2, 0.25) is 0 Å². The lowest BCUT2D eigenvalue weighted by Crippen LogP contribution is -2.26. The first-order valence-electron chi connectivity index (χ1n) is 5.70. The molecule has 1 aliphatic rings. The largest absolute Gasteiger partial charge is 0.383 e. The standard InChI is InChI=1S/C12H17NO2S/c1-15-7-6-13-12(14)11-8-9-4-2-3-5-10(9)16-11/h8H,2-7H2,1H3,(H,13,14). The summed E-state index contributed by atoms with van der Waals surface area (Å²) >= 11 is 1.65. The molecule has 4 heteroatoms. The average Bonchev–Trinajstić information content (AvgIpc) is 2.73. The van der Waals surface area contributed by atoms with Crippen LogP contribution < -0.4 is 5.32 Å². The Morgan fingerprint density at radius 3 is 3.06 bits per heavy atom. The van der Waals surface area contributed by atoms with Gasteiger partial charge in [-0.05, 0) is 37.3 Å². The number of rotatable bonds is 4. The van der Waals surface area contributed by atoms with Gasteiger partial charge in [0.15, 0.2) is 0 Å². The van der Waals surface area contributed by atoms with E-state index >= 15 is 0 Å². The molecule has 0 fully saturated rings. The quantitative estimate of drug-likeness (QED) is 0.816. The van der Waals surface area contributed by atoms with Crippen molar-refractivity contribution in [1.82, 2.24) is 5.32 Å². The molecule has 1 N–H and O–H groups in total. The summed E-state index contributed by atoms with van der Waals surface area (Å²) in [6, 6.07) is 2.06. The monoisotopic (exact) mass is 239 g/mol. The third-order valence-corrected chi connectivity index (χ3v) is 4.05. The van der Waals surface area contributed by atoms with Gasteiger partial charge in [0.25, 0.3) is 5.91 Å². The maximum Gasteiger partial charge on any atom is 0.261 e. The Balaban J connectivity index is 1.98. The molecule has 16 heavy (non-hydrogen) atoms. The van der Waals surface area contributed by atoms with Gasteiger partial charge in [-0.2, -0.15) is 0 Å². The summed E-state index contributed by atoms with van der Waals surface area (Å²) in [5.74, 6) is 0.0384. The van der Waals surface area contributed by atoms with Crippen LogP contribution in [-0.2, 0) is 17.6 Å². The second-order valence-corrected chi connectivity index (χ2v) is 5.15. The fraction of sp³-hybridized carbons (Fsp3) is 0.583. The summed E-state index contributed by atoms with van der Waals surface area (Å²) in [5, 5.41) is 2.86. The van der Waals surface area contributed by atoms with Crippen molar-refractivity contribution in [3.8, 4) is 0 Å². The van der Waals surface area contributed by atoms with Crippen LogP contribution in [0.25, 0.3) is 0 Å². The minimum absolute atomic E-state index is 0.0384. The molecule has 1 aliphatic carbocycles. The number of carbonyl (C=O) groups is 1. The van der Waals surface area contributed by atoms with E-state index in [-0.39, 0.29) is 5.91 Å². The van der Waals surface area contributed by atoms with Crippen molar-refractivity contribution in [2.45, 2.75) is 25.7 Å². The summed E-state index contributed by atoms with van der Waals surface area (Å²) in [5.41, 5.74) is 1.38. The lowest BCUT2D eigenvalue weighted by atomic mass is 9.99. The molecule has 1 aromatic heterocycles. The summed E-state index contributed by atoms with van der Waals surface area (Å²) in [6.07, 6.45) is 4.80. The van der Waals surface area contributed by atoms with Crippen molar-refractivity contribution in [2.75, 3.05) is 20.3 Å². The van der Waals surface area contributed by atoms with Crippen LogP contribution in [0.3, 0.4) is 0 Å². The molecule has 0 saturated heterocycles. The zero-order chi connectivity index (χ0) is 11.4. The number of fused-ring (bicyclic) bond motifs is 1. The molecule has 0 aliphatic heterocycles. The minimum atomic E-state index is 0.0384. The van der Waals surface area contributed by atoms with Gasteiger partial charge in [0.1, 0.15) is 0 Å². The first-order valence-corrected chi connectivity index (χ1v) is 6.51. The van der Waals surface area contributed by atoms with E-state index in [4.69, 9.17) is 4.74 Å². The van der Waals surface area contributed by atoms with Gasteiger partial charge in [0.05, 0.1) is 11.5 Å². The van der Waals surface area contributed by atoms with Gasteiger partial charge < -0.3 is 10.1 Å². The van der Waals surface area contributed by atoms with Crippen molar-refractivity contribution in [1.29, 1.82) is 0 Å². The second kappa shape index (κ2) is 5.46. The second-order valence-electron chi connectivity index (χ2n) is 4.01. The molecule has 0 bridgehead atoms. The number of carbonyl (C=O) groups excluding carboxylic acids is 1. The first kappa shape index (κ1) is 11.6. The number of aryl methyl sites for hydroxylation is 2. The molecule has 1 amide bonds. The van der Waals surface area contributed by atoms with Gasteiger partial charge in [-0.3, -0.25) is 4.79 Å². The van der Waals surface area contributed by atoms with Crippen molar-refractivity contribution >= 4 is 17.2 Å². The zero-order valence-corrected chi connectivity index (χ0v) is 10.4. The molecule has 0 aromatic carbocycles. The highest BCUT2D eigenvalue weighted by atomic mass is 32.1. The van der Waals surface area contributed by atoms with Gasteiger partial charge in [0, 0.05) is 18.5 Å². The Hall–Kier alpha value is -0.870. The normalized spacial score (nSPS) is 14.6. The highest BCUT2D eigenvalue weighted by Gasteiger charge is 2.16. The van der Waals surface area contributed by atoms with E-state index in [9.17, 15) is 4.79 Å². The Bertz CT molecular complexity index is 350. The van der Waals surface area contributed by atoms with E-state index in [0.29, 0.717) is 13.2 Å². The van der Waals surface area contributed by atoms with Crippen LogP contribution in [0.1, 0.15) is 33.0 Å². The molecule has 0 saturated carbocycles. The van der Waals surface area contributed by atoms with Crippen LogP contribution in [0.4, 0.5) is 0 Å². The summed E-state index contributed by atoms with van der Waals surface area (Å²) in [4.78, 5) is 14.0. The number of nitrogens with one attached hydrogen (secondary N) is 1. The van der Waals surface area contributed by atoms with E-state index in [2.05, 4.69) is 11.4 Å². The topological polar surface area (TPSA) is 38.3 Å². The maximum atomic E-state index is 11.8. The fourth-order valence-electron chi connectivity index (χ4n) is 1.96. The van der Waals surface area contributed by atoms with Gasteiger partial charge in [-0.15, -0.1) is 11.3 Å². The Labute approximate surface area is 99.8 Å². The molecule has 3 nitrogen and oxygen atoms in total. The highest BCUT2D eigenvalue weighted by molar-refractivity contribution is 7.14. The van der Waals surface area contributed by atoms with Crippen LogP contribution in [-0.4, -0.2) is 26.2 Å². The lowest BCUT2D eigenvalue weighted by molar-refractivity contribution is 0.0941. The van der Waals surface area contributed by atoms with Gasteiger partial charge >= 0.3 is 0 Å². The highest BCUT2D eigenvalue weighted by Crippen LogP contribution is 2.29. The average molecular weight is 239 g/mol. The van der Waals surface area contributed by atoms with Crippen LogP contribution in [0, 0.1) is 0 Å². The van der Waals surface area contributed by atoms with Crippen LogP contribution >= 0.6 is 11.3 Å². The summed E-state index contributed by atoms with van der Waals surface area (Å²) in [6.45, 7) is 1.15. The third kappa shape index (κ3) is 2.62. The molecule has 2 rings (SSSR count). The molecule has 88 valence electrons. The molecule has 0 radical (unpaired) electrons. The van der Waals surface area contributed by atoms with Crippen molar-refractivity contribution in [3.05, 3.63) is 21.4 Å². The van der Waals surface area contributed by atoms with E-state index in [1.165, 1.54) is 23.3 Å². The number of hydrogen-bond donors (Lipinski definition) is 1. The Morgan fingerprint density at radius 1 is 1.50 bits per heavy atom. The van der Waals surface area contributed by atoms with E-state index in [1.807, 2.05) is 0 Å². The zero-order valence-electron chi connectivity index (χ0n) is 9.54. The minimum Gasteiger partial charge on any atom is -0.383 e. The number of thiophene rings is 1. The van der Waals surface area contributed by atoms with Crippen molar-refractivity contribution < 1.29 is 9.53 Å². The van der Waals surface area contributed by atoms with Crippen molar-refractivity contribution in [3.63, 3.8) is 0 Å². The molecule has 0 atom stereocenters. The number of ether oxygens (including phenoxy) is 1. The van der Waals surface area contributed by atoms with Crippen molar-refractivity contribution in [2.24, 2.45) is 0 Å². The molecule has 1 aromatic rings. The Kier molecular flexibility index (Phi) is 3.96. The lowest BCUT2D eigenvalue weighted by Gasteiger charge is -2.08. The van der Waals surface area contributed by atoms with E-state index in [0.717, 1.165) is 17.7 Å². The van der Waals surface area contributed by atoms with E-state index < -0.39 is 0 Å². The third-order valence-electron chi connectivity index (χ3n) is 2.81. The molecular formula is C12H17NO2S. The first-order chi connectivity index (χ1) is 7.81. The van der Waals surface area contributed by atoms with Crippen LogP contribution in [0.15, 0.2) is 6.07 Å². The SMILES string of the molecule is COCCNC(=O)c1cc2c(s1)CCCC2. The molecule has 0 spiro atoms. The van der Waals surface area contributed by atoms with Gasteiger partial charge in [-0.25, -0.2) is 0 Å². The summed E-state index contributed by atoms with van der Waals surface area (Å²) < 4.78 is 4.90. The number of methoxy groups -OCH3 is 1. The Morgan fingerprint density at radius 2 is 2.31 bits per heavy atom. The van der Waals surface area contributed by atoms with Gasteiger partial charge in [-0.1, -0.05) is 0 Å². The maximum absolute atomic E-state index is 11.8.